The quantitative estimate of drug-likeness (QED) is 0.532. The molecular weight excluding hydrogens is 328 g/mol. The number of benzene rings is 4. The second kappa shape index (κ2) is 7.49. The zero-order valence-electron chi connectivity index (χ0n) is 13.8. The number of carboxylic acids is 2. The van der Waals surface area contributed by atoms with E-state index in [2.05, 4.69) is 48.5 Å². The third-order valence-electron chi connectivity index (χ3n) is 3.99. The SMILES string of the molecule is O=C(O)c1ccc2ccc(C(=O)O)cc2c1.c1ccc2ccccc2c1. The van der Waals surface area contributed by atoms with Crippen molar-refractivity contribution in [3.8, 4) is 0 Å². The number of hydrogen-bond donors (Lipinski definition) is 2. The largest absolute Gasteiger partial charge is 0.478 e. The molecule has 0 aromatic heterocycles. The summed E-state index contributed by atoms with van der Waals surface area (Å²) in [7, 11) is 0. The number of rotatable bonds is 2. The molecule has 2 N–H and O–H groups in total. The Morgan fingerprint density at radius 2 is 0.846 bits per heavy atom. The van der Waals surface area contributed by atoms with Crippen molar-refractivity contribution in [3.63, 3.8) is 0 Å². The van der Waals surface area contributed by atoms with Crippen LogP contribution in [0.3, 0.4) is 0 Å². The van der Waals surface area contributed by atoms with Gasteiger partial charge in [0.2, 0.25) is 0 Å². The Kier molecular flexibility index (Phi) is 4.94. The summed E-state index contributed by atoms with van der Waals surface area (Å²) in [6.07, 6.45) is 0. The fourth-order valence-electron chi connectivity index (χ4n) is 2.65. The predicted molar refractivity (Wildman–Crippen MR) is 102 cm³/mol. The summed E-state index contributed by atoms with van der Waals surface area (Å²) in [5, 5.41) is 21.7. The number of carboxylic acid groups (broad SMARTS) is 2. The van der Waals surface area contributed by atoms with Crippen molar-refractivity contribution in [2.45, 2.75) is 0 Å². The van der Waals surface area contributed by atoms with E-state index in [4.69, 9.17) is 10.2 Å². The summed E-state index contributed by atoms with van der Waals surface area (Å²) >= 11 is 0. The van der Waals surface area contributed by atoms with E-state index in [0.29, 0.717) is 5.39 Å². The van der Waals surface area contributed by atoms with Crippen LogP contribution in [0.1, 0.15) is 20.7 Å². The van der Waals surface area contributed by atoms with Crippen LogP contribution in [-0.4, -0.2) is 22.2 Å². The summed E-state index contributed by atoms with van der Waals surface area (Å²) in [6.45, 7) is 0. The fraction of sp³-hybridized carbons (Fsp3) is 0. The Morgan fingerprint density at radius 3 is 1.19 bits per heavy atom. The van der Waals surface area contributed by atoms with Crippen molar-refractivity contribution < 1.29 is 19.8 Å². The molecule has 0 saturated heterocycles. The monoisotopic (exact) mass is 344 g/mol. The van der Waals surface area contributed by atoms with Crippen LogP contribution in [0.2, 0.25) is 0 Å². The molecule has 0 atom stereocenters. The molecule has 4 aromatic carbocycles. The Labute approximate surface area is 149 Å². The molecule has 0 fully saturated rings. The fourth-order valence-corrected chi connectivity index (χ4v) is 2.65. The van der Waals surface area contributed by atoms with Crippen molar-refractivity contribution in [2.75, 3.05) is 0 Å². The molecule has 4 aromatic rings. The molecule has 4 rings (SSSR count). The first-order valence-corrected chi connectivity index (χ1v) is 7.99. The predicted octanol–water partition coefficient (Wildman–Crippen LogP) is 5.08. The second-order valence-corrected chi connectivity index (χ2v) is 5.73. The van der Waals surface area contributed by atoms with Gasteiger partial charge in [0.05, 0.1) is 11.1 Å². The number of aromatic carboxylic acids is 2. The van der Waals surface area contributed by atoms with E-state index in [1.165, 1.54) is 35.0 Å². The molecule has 4 heteroatoms. The number of hydrogen-bond acceptors (Lipinski definition) is 2. The van der Waals surface area contributed by atoms with Crippen LogP contribution in [0.5, 0.6) is 0 Å². The molecule has 0 heterocycles. The third-order valence-corrected chi connectivity index (χ3v) is 3.99. The number of carbonyl (C=O) groups is 2. The van der Waals surface area contributed by atoms with Crippen LogP contribution in [0.15, 0.2) is 84.9 Å². The second-order valence-electron chi connectivity index (χ2n) is 5.73. The lowest BCUT2D eigenvalue weighted by atomic mass is 10.0. The normalized spacial score (nSPS) is 10.2. The van der Waals surface area contributed by atoms with Gasteiger partial charge in [-0.2, -0.15) is 0 Å². The minimum Gasteiger partial charge on any atom is -0.478 e. The summed E-state index contributed by atoms with van der Waals surface area (Å²) in [5.74, 6) is -2.05. The van der Waals surface area contributed by atoms with E-state index < -0.39 is 11.9 Å². The average molecular weight is 344 g/mol. The molecule has 0 spiro atoms. The van der Waals surface area contributed by atoms with Crippen molar-refractivity contribution in [1.82, 2.24) is 0 Å². The van der Waals surface area contributed by atoms with Crippen molar-refractivity contribution in [1.29, 1.82) is 0 Å². The molecular formula is C22H16O4. The molecule has 0 bridgehead atoms. The molecule has 0 radical (unpaired) electrons. The van der Waals surface area contributed by atoms with Gasteiger partial charge in [-0.25, -0.2) is 9.59 Å². The maximum atomic E-state index is 10.7. The Balaban J connectivity index is 0.000000167. The van der Waals surface area contributed by atoms with Crippen LogP contribution in [0.4, 0.5) is 0 Å². The summed E-state index contributed by atoms with van der Waals surface area (Å²) in [6, 6.07) is 25.9. The minimum absolute atomic E-state index is 0.148. The van der Waals surface area contributed by atoms with E-state index in [9.17, 15) is 9.59 Å². The molecule has 0 amide bonds. The van der Waals surface area contributed by atoms with Gasteiger partial charge in [-0.05, 0) is 45.8 Å². The number of fused-ring (bicyclic) bond motifs is 2. The van der Waals surface area contributed by atoms with Gasteiger partial charge in [0.25, 0.3) is 0 Å². The smallest absolute Gasteiger partial charge is 0.335 e. The van der Waals surface area contributed by atoms with Gasteiger partial charge in [-0.3, -0.25) is 0 Å². The molecule has 128 valence electrons. The van der Waals surface area contributed by atoms with Gasteiger partial charge in [0.1, 0.15) is 0 Å². The highest BCUT2D eigenvalue weighted by molar-refractivity contribution is 5.98. The van der Waals surface area contributed by atoms with Crippen molar-refractivity contribution in [3.05, 3.63) is 96.1 Å². The van der Waals surface area contributed by atoms with Gasteiger partial charge < -0.3 is 10.2 Å². The minimum atomic E-state index is -1.03. The highest BCUT2D eigenvalue weighted by Crippen LogP contribution is 2.18. The van der Waals surface area contributed by atoms with Gasteiger partial charge in [-0.1, -0.05) is 60.7 Å². The zero-order chi connectivity index (χ0) is 18.5. The molecule has 26 heavy (non-hydrogen) atoms. The Hall–Kier alpha value is -3.66. The lowest BCUT2D eigenvalue weighted by Crippen LogP contribution is -1.97. The molecule has 0 saturated carbocycles. The first kappa shape index (κ1) is 17.2. The van der Waals surface area contributed by atoms with Crippen molar-refractivity contribution in [2.24, 2.45) is 0 Å². The molecule has 0 aliphatic carbocycles. The summed E-state index contributed by atoms with van der Waals surface area (Å²) < 4.78 is 0. The van der Waals surface area contributed by atoms with Crippen LogP contribution in [0.25, 0.3) is 21.5 Å². The Morgan fingerprint density at radius 1 is 0.500 bits per heavy atom. The van der Waals surface area contributed by atoms with E-state index in [-0.39, 0.29) is 11.1 Å². The first-order chi connectivity index (χ1) is 12.5. The van der Waals surface area contributed by atoms with Crippen LogP contribution >= 0.6 is 0 Å². The highest BCUT2D eigenvalue weighted by Gasteiger charge is 2.06. The summed E-state index contributed by atoms with van der Waals surface area (Å²) in [5.41, 5.74) is 0.296. The van der Waals surface area contributed by atoms with E-state index >= 15 is 0 Å². The molecule has 0 aliphatic heterocycles. The molecule has 4 nitrogen and oxygen atoms in total. The lowest BCUT2D eigenvalue weighted by molar-refractivity contribution is 0.0687. The lowest BCUT2D eigenvalue weighted by Gasteiger charge is -2.01. The highest BCUT2D eigenvalue weighted by atomic mass is 16.4. The van der Waals surface area contributed by atoms with Gasteiger partial charge >= 0.3 is 11.9 Å². The van der Waals surface area contributed by atoms with Crippen LogP contribution in [0, 0.1) is 0 Å². The maximum absolute atomic E-state index is 10.7. The third kappa shape index (κ3) is 3.87. The van der Waals surface area contributed by atoms with Gasteiger partial charge in [-0.15, -0.1) is 0 Å². The standard InChI is InChI=1S/C12H8O4.C10H8/c13-11(14)8-3-1-7-2-4-9(12(15)16)6-10(7)5-8;1-2-6-10-8-4-3-7-9(10)5-1/h1-6H,(H,13,14)(H,15,16);1-8H. The maximum Gasteiger partial charge on any atom is 0.335 e. The first-order valence-electron chi connectivity index (χ1n) is 7.99. The average Bonchev–Trinajstić information content (AvgIpc) is 2.67. The molecule has 0 aliphatic rings. The molecule has 0 unspecified atom stereocenters. The topological polar surface area (TPSA) is 74.6 Å². The van der Waals surface area contributed by atoms with Crippen molar-refractivity contribution >= 4 is 33.5 Å². The Bertz CT molecular complexity index is 985. The van der Waals surface area contributed by atoms with Gasteiger partial charge in [0, 0.05) is 0 Å². The van der Waals surface area contributed by atoms with E-state index in [1.807, 2.05) is 0 Å². The van der Waals surface area contributed by atoms with Gasteiger partial charge in [0.15, 0.2) is 0 Å². The van der Waals surface area contributed by atoms with Crippen LogP contribution in [-0.2, 0) is 0 Å². The van der Waals surface area contributed by atoms with E-state index in [0.717, 1.165) is 5.39 Å². The zero-order valence-corrected chi connectivity index (χ0v) is 13.8. The summed E-state index contributed by atoms with van der Waals surface area (Å²) in [4.78, 5) is 21.5. The van der Waals surface area contributed by atoms with Crippen LogP contribution < -0.4 is 0 Å². The van der Waals surface area contributed by atoms with E-state index in [1.54, 1.807) is 12.1 Å².